The molecule has 0 spiro atoms. The Morgan fingerprint density at radius 1 is 0.879 bits per heavy atom. The quantitative estimate of drug-likeness (QED) is 0.295. The number of nitrogens with one attached hydrogen (secondary N) is 2. The summed E-state index contributed by atoms with van der Waals surface area (Å²) >= 11 is 2.75. The maximum atomic E-state index is 13.2. The van der Waals surface area contributed by atoms with Crippen molar-refractivity contribution in [3.8, 4) is 11.5 Å². The lowest BCUT2D eigenvalue weighted by atomic mass is 10.1. The number of rotatable bonds is 9. The van der Waals surface area contributed by atoms with Gasteiger partial charge < -0.3 is 20.1 Å². The van der Waals surface area contributed by atoms with Gasteiger partial charge in [0.25, 0.3) is 0 Å². The summed E-state index contributed by atoms with van der Waals surface area (Å²) in [6.07, 6.45) is 0. The lowest BCUT2D eigenvalue weighted by Crippen LogP contribution is -2.19. The van der Waals surface area contributed by atoms with Crippen molar-refractivity contribution in [3.05, 3.63) is 84.4 Å². The molecule has 168 valence electrons. The van der Waals surface area contributed by atoms with Gasteiger partial charge in [-0.05, 0) is 42.0 Å². The van der Waals surface area contributed by atoms with Crippen molar-refractivity contribution in [2.75, 3.05) is 24.9 Å². The van der Waals surface area contributed by atoms with E-state index in [4.69, 9.17) is 9.47 Å². The van der Waals surface area contributed by atoms with Crippen molar-refractivity contribution >= 4 is 45.5 Å². The Labute approximate surface area is 200 Å². The molecule has 4 rings (SSSR count). The Kier molecular flexibility index (Phi) is 7.43. The average Bonchev–Trinajstić information content (AvgIpc) is 3.30. The second-order valence-corrected chi connectivity index (χ2v) is 9.19. The van der Waals surface area contributed by atoms with E-state index < -0.39 is 5.25 Å². The highest BCUT2D eigenvalue weighted by atomic mass is 32.2. The van der Waals surface area contributed by atoms with Crippen molar-refractivity contribution in [1.29, 1.82) is 0 Å². The molecule has 1 unspecified atom stereocenters. The summed E-state index contributed by atoms with van der Waals surface area (Å²) in [5.41, 5.74) is 2.42. The Bertz CT molecular complexity index is 1200. The van der Waals surface area contributed by atoms with Gasteiger partial charge in [0.2, 0.25) is 11.0 Å². The van der Waals surface area contributed by atoms with E-state index in [2.05, 4.69) is 20.8 Å². The van der Waals surface area contributed by atoms with Gasteiger partial charge in [-0.3, -0.25) is 4.79 Å². The van der Waals surface area contributed by atoms with Gasteiger partial charge >= 0.3 is 0 Å². The molecule has 0 fully saturated rings. The highest BCUT2D eigenvalue weighted by Crippen LogP contribution is 2.39. The topological polar surface area (TPSA) is 85.4 Å². The maximum Gasteiger partial charge on any atom is 0.242 e. The number of nitrogens with zero attached hydrogens (tertiary/aromatic N) is 2. The Hall–Kier alpha value is -3.56. The molecule has 0 aliphatic carbocycles. The van der Waals surface area contributed by atoms with Crippen molar-refractivity contribution in [2.45, 2.75) is 9.59 Å². The maximum absolute atomic E-state index is 13.2. The molecule has 0 bridgehead atoms. The van der Waals surface area contributed by atoms with Gasteiger partial charge in [0.1, 0.15) is 16.7 Å². The van der Waals surface area contributed by atoms with E-state index in [1.54, 1.807) is 20.3 Å². The molecule has 0 saturated carbocycles. The highest BCUT2D eigenvalue weighted by molar-refractivity contribution is 8.02. The van der Waals surface area contributed by atoms with E-state index in [1.807, 2.05) is 72.8 Å². The molecular formula is C24H22N4O3S2. The van der Waals surface area contributed by atoms with Crippen LogP contribution in [0.15, 0.2) is 83.2 Å². The van der Waals surface area contributed by atoms with Crippen LogP contribution < -0.4 is 20.1 Å². The first kappa shape index (κ1) is 22.6. The van der Waals surface area contributed by atoms with Crippen molar-refractivity contribution < 1.29 is 14.3 Å². The normalized spacial score (nSPS) is 11.5. The number of anilines is 3. The number of ether oxygens (including phenoxy) is 2. The lowest BCUT2D eigenvalue weighted by Gasteiger charge is -2.16. The van der Waals surface area contributed by atoms with E-state index in [1.165, 1.54) is 23.1 Å². The number of hydrogen-bond donors (Lipinski definition) is 2. The van der Waals surface area contributed by atoms with Crippen LogP contribution in [0.4, 0.5) is 16.5 Å². The van der Waals surface area contributed by atoms with E-state index in [-0.39, 0.29) is 5.91 Å². The van der Waals surface area contributed by atoms with Crippen LogP contribution in [0, 0.1) is 0 Å². The van der Waals surface area contributed by atoms with Crippen LogP contribution in [-0.4, -0.2) is 30.3 Å². The summed E-state index contributed by atoms with van der Waals surface area (Å²) in [6.45, 7) is 0. The Balaban J connectivity index is 1.50. The second kappa shape index (κ2) is 10.8. The molecule has 1 amide bonds. The number of carbonyl (C=O) groups is 1. The molecule has 33 heavy (non-hydrogen) atoms. The number of aromatic nitrogens is 2. The van der Waals surface area contributed by atoms with E-state index in [9.17, 15) is 4.79 Å². The summed E-state index contributed by atoms with van der Waals surface area (Å²) in [5, 5.41) is 14.9. The third kappa shape index (κ3) is 6.03. The molecule has 3 aromatic carbocycles. The fourth-order valence-corrected chi connectivity index (χ4v) is 4.98. The van der Waals surface area contributed by atoms with Crippen molar-refractivity contribution in [1.82, 2.24) is 10.2 Å². The van der Waals surface area contributed by atoms with Crippen LogP contribution in [0.5, 0.6) is 11.5 Å². The third-order valence-electron chi connectivity index (χ3n) is 4.64. The first-order chi connectivity index (χ1) is 16.1. The van der Waals surface area contributed by atoms with Gasteiger partial charge in [-0.25, -0.2) is 0 Å². The van der Waals surface area contributed by atoms with Gasteiger partial charge in [-0.15, -0.1) is 10.2 Å². The average molecular weight is 479 g/mol. The third-order valence-corrected chi connectivity index (χ3v) is 6.82. The van der Waals surface area contributed by atoms with Crippen LogP contribution in [0.1, 0.15) is 10.8 Å². The summed E-state index contributed by atoms with van der Waals surface area (Å²) in [4.78, 5) is 13.2. The molecule has 1 atom stereocenters. The molecule has 2 N–H and O–H groups in total. The van der Waals surface area contributed by atoms with Crippen LogP contribution in [0.3, 0.4) is 0 Å². The Morgan fingerprint density at radius 2 is 1.64 bits per heavy atom. The lowest BCUT2D eigenvalue weighted by molar-refractivity contribution is -0.115. The predicted octanol–water partition coefficient (Wildman–Crippen LogP) is 5.77. The number of thioether (sulfide) groups is 1. The zero-order valence-electron chi connectivity index (χ0n) is 18.0. The van der Waals surface area contributed by atoms with Crippen LogP contribution in [-0.2, 0) is 4.79 Å². The van der Waals surface area contributed by atoms with E-state index in [0.717, 1.165) is 17.0 Å². The summed E-state index contributed by atoms with van der Waals surface area (Å²) in [7, 11) is 3.22. The Morgan fingerprint density at radius 3 is 2.36 bits per heavy atom. The molecule has 0 saturated heterocycles. The molecule has 0 aliphatic heterocycles. The number of carbonyl (C=O) groups excluding carboxylic acids is 1. The molecule has 7 nitrogen and oxygen atoms in total. The van der Waals surface area contributed by atoms with Crippen LogP contribution >= 0.6 is 23.1 Å². The number of hydrogen-bond acceptors (Lipinski definition) is 8. The molecule has 0 radical (unpaired) electrons. The van der Waals surface area contributed by atoms with Gasteiger partial charge in [0.15, 0.2) is 4.34 Å². The second-order valence-electron chi connectivity index (χ2n) is 6.86. The molecule has 1 aromatic heterocycles. The molecule has 0 aliphatic rings. The fourth-order valence-electron chi connectivity index (χ4n) is 3.02. The SMILES string of the molecule is COc1ccc(Nc2nnc(SC(C(=O)Nc3cccc(OC)c3)c3ccccc3)s2)cc1. The summed E-state index contributed by atoms with van der Waals surface area (Å²) < 4.78 is 11.1. The highest BCUT2D eigenvalue weighted by Gasteiger charge is 2.24. The van der Waals surface area contributed by atoms with Crippen molar-refractivity contribution in [3.63, 3.8) is 0 Å². The van der Waals surface area contributed by atoms with Crippen LogP contribution in [0.2, 0.25) is 0 Å². The zero-order chi connectivity index (χ0) is 23.0. The fraction of sp³-hybridized carbons (Fsp3) is 0.125. The monoisotopic (exact) mass is 478 g/mol. The molecule has 4 aromatic rings. The van der Waals surface area contributed by atoms with Crippen molar-refractivity contribution in [2.24, 2.45) is 0 Å². The molecule has 1 heterocycles. The minimum atomic E-state index is -0.501. The van der Waals surface area contributed by atoms with E-state index >= 15 is 0 Å². The first-order valence-corrected chi connectivity index (χ1v) is 11.8. The van der Waals surface area contributed by atoms with Gasteiger partial charge in [-0.2, -0.15) is 0 Å². The predicted molar refractivity (Wildman–Crippen MR) is 133 cm³/mol. The summed E-state index contributed by atoms with van der Waals surface area (Å²) in [6, 6.07) is 24.4. The smallest absolute Gasteiger partial charge is 0.242 e. The van der Waals surface area contributed by atoms with Crippen LogP contribution in [0.25, 0.3) is 0 Å². The minimum absolute atomic E-state index is 0.153. The zero-order valence-corrected chi connectivity index (χ0v) is 19.7. The van der Waals surface area contributed by atoms with Gasteiger partial charge in [-0.1, -0.05) is 59.5 Å². The number of methoxy groups -OCH3 is 2. The van der Waals surface area contributed by atoms with Gasteiger partial charge in [0, 0.05) is 17.4 Å². The van der Waals surface area contributed by atoms with Gasteiger partial charge in [0.05, 0.1) is 14.2 Å². The molecule has 9 heteroatoms. The van der Waals surface area contributed by atoms with E-state index in [0.29, 0.717) is 20.9 Å². The molecular weight excluding hydrogens is 456 g/mol. The number of benzene rings is 3. The minimum Gasteiger partial charge on any atom is -0.497 e. The first-order valence-electron chi connectivity index (χ1n) is 10.1. The standard InChI is InChI=1S/C24H22N4O3S2/c1-30-19-13-11-17(12-14-19)26-23-27-28-24(33-23)32-21(16-7-4-3-5-8-16)22(29)25-18-9-6-10-20(15-18)31-2/h3-15,21H,1-2H3,(H,25,29)(H,26,27). The largest absolute Gasteiger partial charge is 0.497 e. The summed E-state index contributed by atoms with van der Waals surface area (Å²) in [5.74, 6) is 1.30. The number of amides is 1.